The van der Waals surface area contributed by atoms with Gasteiger partial charge in [0.15, 0.2) is 12.3 Å². The van der Waals surface area contributed by atoms with Crippen molar-refractivity contribution < 1.29 is 18.5 Å². The molecule has 112 valence electrons. The lowest BCUT2D eigenvalue weighted by Gasteiger charge is -2.12. The van der Waals surface area contributed by atoms with Crippen LogP contribution in [-0.2, 0) is 17.9 Å². The van der Waals surface area contributed by atoms with Gasteiger partial charge in [0.05, 0.1) is 7.05 Å². The Bertz CT molecular complexity index is 593. The summed E-state index contributed by atoms with van der Waals surface area (Å²) in [6.07, 6.45) is 0. The number of aryl methyl sites for hydroxylation is 1. The Labute approximate surface area is 123 Å². The summed E-state index contributed by atoms with van der Waals surface area (Å²) in [5.41, 5.74) is 0.879. The van der Waals surface area contributed by atoms with Gasteiger partial charge in [0, 0.05) is 6.54 Å². The zero-order valence-electron chi connectivity index (χ0n) is 12.3. The first kappa shape index (κ1) is 15.3. The number of quaternary nitrogens is 1. The van der Waals surface area contributed by atoms with E-state index in [0.717, 1.165) is 22.0 Å². The molecule has 0 aliphatic heterocycles. The number of rotatable bonds is 6. The van der Waals surface area contributed by atoms with Crippen LogP contribution in [-0.4, -0.2) is 19.5 Å². The number of carbonyl (C=O) groups excluding carboxylic acids is 1. The standard InChI is InChI=1S/C16H19FN2O2/c1-12-3-8-15(21-12)10-19(2)11-16(20)18-9-13-4-6-14(17)7-5-13/h3-8H,9-11H2,1-2H3,(H,18,20)/p+1. The number of amides is 1. The molecule has 21 heavy (non-hydrogen) atoms. The summed E-state index contributed by atoms with van der Waals surface area (Å²) in [6, 6.07) is 9.94. The molecule has 5 heteroatoms. The molecule has 1 heterocycles. The smallest absolute Gasteiger partial charge is 0.275 e. The third kappa shape index (κ3) is 5.04. The second-order valence-electron chi connectivity index (χ2n) is 5.23. The van der Waals surface area contributed by atoms with Gasteiger partial charge in [0.25, 0.3) is 5.91 Å². The van der Waals surface area contributed by atoms with Crippen molar-refractivity contribution in [3.63, 3.8) is 0 Å². The molecule has 2 N–H and O–H groups in total. The second-order valence-corrected chi connectivity index (χ2v) is 5.23. The first-order valence-corrected chi connectivity index (χ1v) is 6.90. The molecular weight excluding hydrogens is 271 g/mol. The maximum absolute atomic E-state index is 12.8. The van der Waals surface area contributed by atoms with Crippen LogP contribution in [0.3, 0.4) is 0 Å². The number of hydrogen-bond acceptors (Lipinski definition) is 2. The molecule has 2 aromatic rings. The molecule has 0 saturated heterocycles. The Morgan fingerprint density at radius 1 is 1.24 bits per heavy atom. The third-order valence-electron chi connectivity index (χ3n) is 3.14. The molecule has 1 atom stereocenters. The molecule has 1 aromatic carbocycles. The zero-order chi connectivity index (χ0) is 15.2. The van der Waals surface area contributed by atoms with Gasteiger partial charge in [0.2, 0.25) is 0 Å². The van der Waals surface area contributed by atoms with Gasteiger partial charge < -0.3 is 14.6 Å². The Kier molecular flexibility index (Phi) is 5.11. The van der Waals surface area contributed by atoms with Crippen LogP contribution in [0.5, 0.6) is 0 Å². The highest BCUT2D eigenvalue weighted by Gasteiger charge is 2.12. The Morgan fingerprint density at radius 3 is 2.57 bits per heavy atom. The summed E-state index contributed by atoms with van der Waals surface area (Å²) in [4.78, 5) is 12.9. The van der Waals surface area contributed by atoms with Crippen molar-refractivity contribution in [2.75, 3.05) is 13.6 Å². The molecule has 1 unspecified atom stereocenters. The van der Waals surface area contributed by atoms with Gasteiger partial charge >= 0.3 is 0 Å². The summed E-state index contributed by atoms with van der Waals surface area (Å²) in [7, 11) is 1.94. The van der Waals surface area contributed by atoms with Crippen LogP contribution >= 0.6 is 0 Å². The summed E-state index contributed by atoms with van der Waals surface area (Å²) >= 11 is 0. The molecule has 1 amide bonds. The van der Waals surface area contributed by atoms with Gasteiger partial charge in [-0.2, -0.15) is 0 Å². The molecule has 0 spiro atoms. The highest BCUT2D eigenvalue weighted by Crippen LogP contribution is 2.04. The van der Waals surface area contributed by atoms with E-state index in [1.165, 1.54) is 12.1 Å². The maximum atomic E-state index is 12.8. The largest absolute Gasteiger partial charge is 0.460 e. The molecule has 0 aliphatic carbocycles. The quantitative estimate of drug-likeness (QED) is 0.836. The number of halogens is 1. The molecule has 0 aliphatic rings. The highest BCUT2D eigenvalue weighted by atomic mass is 19.1. The monoisotopic (exact) mass is 291 g/mol. The first-order chi connectivity index (χ1) is 10.0. The van der Waals surface area contributed by atoms with Gasteiger partial charge in [-0.05, 0) is 36.8 Å². The molecule has 4 nitrogen and oxygen atoms in total. The fourth-order valence-electron chi connectivity index (χ4n) is 2.08. The predicted octanol–water partition coefficient (Wildman–Crippen LogP) is 1.06. The van der Waals surface area contributed by atoms with E-state index in [0.29, 0.717) is 19.6 Å². The van der Waals surface area contributed by atoms with E-state index in [4.69, 9.17) is 4.42 Å². The minimum absolute atomic E-state index is 0.0416. The average Bonchev–Trinajstić information content (AvgIpc) is 2.83. The van der Waals surface area contributed by atoms with Crippen LogP contribution in [0.25, 0.3) is 0 Å². The minimum atomic E-state index is -0.275. The van der Waals surface area contributed by atoms with Gasteiger partial charge in [-0.1, -0.05) is 12.1 Å². The fourth-order valence-corrected chi connectivity index (χ4v) is 2.08. The van der Waals surface area contributed by atoms with Crippen LogP contribution in [0.1, 0.15) is 17.1 Å². The molecular formula is C16H20FN2O2+. The van der Waals surface area contributed by atoms with Crippen LogP contribution in [0, 0.1) is 12.7 Å². The number of benzene rings is 1. The highest BCUT2D eigenvalue weighted by molar-refractivity contribution is 5.76. The first-order valence-electron chi connectivity index (χ1n) is 6.90. The number of furan rings is 1. The lowest BCUT2D eigenvalue weighted by atomic mass is 10.2. The van der Waals surface area contributed by atoms with E-state index in [2.05, 4.69) is 5.32 Å². The van der Waals surface area contributed by atoms with Crippen molar-refractivity contribution in [1.29, 1.82) is 0 Å². The van der Waals surface area contributed by atoms with Crippen molar-refractivity contribution in [3.05, 3.63) is 59.3 Å². The van der Waals surface area contributed by atoms with E-state index >= 15 is 0 Å². The molecule has 0 fully saturated rings. The van der Waals surface area contributed by atoms with Crippen molar-refractivity contribution >= 4 is 5.91 Å². The number of likely N-dealkylation sites (N-methyl/N-ethyl adjacent to an activating group) is 1. The molecule has 2 rings (SSSR count). The number of carbonyl (C=O) groups is 1. The van der Waals surface area contributed by atoms with Crippen LogP contribution in [0.2, 0.25) is 0 Å². The molecule has 0 bridgehead atoms. The summed E-state index contributed by atoms with van der Waals surface area (Å²) in [6.45, 7) is 3.33. The SMILES string of the molecule is Cc1ccc(C[NH+](C)CC(=O)NCc2ccc(F)cc2)o1. The lowest BCUT2D eigenvalue weighted by molar-refractivity contribution is -0.886. The van der Waals surface area contributed by atoms with Gasteiger partial charge in [0.1, 0.15) is 18.1 Å². The summed E-state index contributed by atoms with van der Waals surface area (Å²) in [5.74, 6) is 1.43. The normalized spacial score (nSPS) is 12.1. The van der Waals surface area contributed by atoms with Crippen molar-refractivity contribution in [3.8, 4) is 0 Å². The maximum Gasteiger partial charge on any atom is 0.275 e. The molecule has 0 radical (unpaired) electrons. The predicted molar refractivity (Wildman–Crippen MR) is 77.1 cm³/mol. The number of hydrogen-bond donors (Lipinski definition) is 2. The number of nitrogens with one attached hydrogen (secondary N) is 2. The minimum Gasteiger partial charge on any atom is -0.460 e. The van der Waals surface area contributed by atoms with Gasteiger partial charge in [-0.25, -0.2) is 4.39 Å². The van der Waals surface area contributed by atoms with E-state index in [-0.39, 0.29) is 11.7 Å². The zero-order valence-corrected chi connectivity index (χ0v) is 12.3. The Morgan fingerprint density at radius 2 is 1.95 bits per heavy atom. The van der Waals surface area contributed by atoms with Gasteiger partial charge in [-0.15, -0.1) is 0 Å². The van der Waals surface area contributed by atoms with Crippen LogP contribution in [0.15, 0.2) is 40.8 Å². The Hall–Kier alpha value is -2.14. The summed E-state index contributed by atoms with van der Waals surface area (Å²) < 4.78 is 18.3. The van der Waals surface area contributed by atoms with Gasteiger partial charge in [-0.3, -0.25) is 4.79 Å². The van der Waals surface area contributed by atoms with E-state index in [1.54, 1.807) is 12.1 Å². The van der Waals surface area contributed by atoms with Crippen molar-refractivity contribution in [1.82, 2.24) is 5.32 Å². The topological polar surface area (TPSA) is 46.7 Å². The van der Waals surface area contributed by atoms with E-state index in [1.807, 2.05) is 26.1 Å². The average molecular weight is 291 g/mol. The second kappa shape index (κ2) is 7.04. The molecule has 1 aromatic heterocycles. The Balaban J connectivity index is 1.74. The van der Waals surface area contributed by atoms with E-state index < -0.39 is 0 Å². The van der Waals surface area contributed by atoms with E-state index in [9.17, 15) is 9.18 Å². The third-order valence-corrected chi connectivity index (χ3v) is 3.14. The summed E-state index contributed by atoms with van der Waals surface area (Å²) in [5, 5.41) is 2.83. The van der Waals surface area contributed by atoms with Crippen LogP contribution in [0.4, 0.5) is 4.39 Å². The fraction of sp³-hybridized carbons (Fsp3) is 0.312. The van der Waals surface area contributed by atoms with Crippen molar-refractivity contribution in [2.24, 2.45) is 0 Å². The van der Waals surface area contributed by atoms with Crippen molar-refractivity contribution in [2.45, 2.75) is 20.0 Å². The lowest BCUT2D eigenvalue weighted by Crippen LogP contribution is -3.08. The van der Waals surface area contributed by atoms with Crippen LogP contribution < -0.4 is 10.2 Å². The molecule has 0 saturated carbocycles.